The third kappa shape index (κ3) is 5.19. The first-order valence-corrected chi connectivity index (χ1v) is 11.5. The summed E-state index contributed by atoms with van der Waals surface area (Å²) in [6, 6.07) is 10.6. The number of carbonyl (C=O) groups is 2. The van der Waals surface area contributed by atoms with Gasteiger partial charge in [0.05, 0.1) is 5.56 Å². The van der Waals surface area contributed by atoms with Crippen molar-refractivity contribution in [2.24, 2.45) is 0 Å². The molecule has 5 rings (SSSR count). The highest BCUT2D eigenvalue weighted by Crippen LogP contribution is 2.37. The van der Waals surface area contributed by atoms with Gasteiger partial charge in [-0.15, -0.1) is 5.10 Å². The van der Waals surface area contributed by atoms with E-state index in [1.54, 1.807) is 18.2 Å². The van der Waals surface area contributed by atoms with Gasteiger partial charge in [0.25, 0.3) is 17.8 Å². The van der Waals surface area contributed by atoms with Crippen LogP contribution in [0.4, 0.5) is 10.3 Å². The van der Waals surface area contributed by atoms with E-state index >= 15 is 0 Å². The van der Waals surface area contributed by atoms with E-state index < -0.39 is 5.91 Å². The first kappa shape index (κ1) is 23.0. The minimum atomic E-state index is -0.546. The number of tetrazole rings is 1. The fourth-order valence-electron chi connectivity index (χ4n) is 4.74. The van der Waals surface area contributed by atoms with Crippen LogP contribution in [0.5, 0.6) is 11.5 Å². The van der Waals surface area contributed by atoms with Crippen LogP contribution in [0.2, 0.25) is 5.02 Å². The van der Waals surface area contributed by atoms with Crippen LogP contribution in [0.15, 0.2) is 42.5 Å². The largest absolute Gasteiger partial charge is 0.490 e. The van der Waals surface area contributed by atoms with Crippen molar-refractivity contribution in [1.82, 2.24) is 25.5 Å². The molecule has 2 bridgehead atoms. The predicted octanol–water partition coefficient (Wildman–Crippen LogP) is 3.22. The Hall–Kier alpha value is -3.73. The van der Waals surface area contributed by atoms with Crippen LogP contribution in [-0.2, 0) is 4.79 Å². The van der Waals surface area contributed by atoms with Crippen LogP contribution >= 0.6 is 11.6 Å². The fourth-order valence-corrected chi connectivity index (χ4v) is 4.91. The van der Waals surface area contributed by atoms with Crippen LogP contribution in [0, 0.1) is 5.82 Å². The SMILES string of the molecule is O=C(Nc1nn[nH]n1)c1cc(Cl)ccc1OCC(=O)N1[C@@H]2CC[C@H]1CC(Oc1ccc(F)cc1)C2. The van der Waals surface area contributed by atoms with Crippen LogP contribution in [0.25, 0.3) is 0 Å². The number of amides is 2. The molecule has 0 radical (unpaired) electrons. The molecule has 12 heteroatoms. The van der Waals surface area contributed by atoms with E-state index in [1.165, 1.54) is 24.3 Å². The monoisotopic (exact) mass is 500 g/mol. The molecule has 3 heterocycles. The molecule has 2 aromatic carbocycles. The number of carbonyl (C=O) groups excluding carboxylic acids is 2. The van der Waals surface area contributed by atoms with Crippen LogP contribution in [-0.4, -0.2) is 62.1 Å². The van der Waals surface area contributed by atoms with E-state index in [0.717, 1.165) is 12.8 Å². The van der Waals surface area contributed by atoms with Crippen molar-refractivity contribution in [2.75, 3.05) is 11.9 Å². The number of benzene rings is 2. The lowest BCUT2D eigenvalue weighted by Crippen LogP contribution is -2.50. The summed E-state index contributed by atoms with van der Waals surface area (Å²) in [5.41, 5.74) is 0.143. The molecular weight excluding hydrogens is 479 g/mol. The number of aromatic amines is 1. The number of rotatable bonds is 7. The molecule has 10 nitrogen and oxygen atoms in total. The Labute approximate surface area is 204 Å². The number of hydrogen-bond donors (Lipinski definition) is 2. The maximum absolute atomic E-state index is 13.2. The molecule has 35 heavy (non-hydrogen) atoms. The number of hydrogen-bond acceptors (Lipinski definition) is 7. The molecule has 2 amide bonds. The van der Waals surface area contributed by atoms with Crippen LogP contribution in [0.1, 0.15) is 36.0 Å². The van der Waals surface area contributed by atoms with Crippen LogP contribution in [0.3, 0.4) is 0 Å². The topological polar surface area (TPSA) is 122 Å². The van der Waals surface area contributed by atoms with Gasteiger partial charge in [-0.3, -0.25) is 14.9 Å². The molecular formula is C23H22ClFN6O4. The molecule has 1 unspecified atom stereocenters. The Morgan fingerprint density at radius 1 is 1.14 bits per heavy atom. The van der Waals surface area contributed by atoms with E-state index in [2.05, 4.69) is 25.9 Å². The zero-order valence-electron chi connectivity index (χ0n) is 18.5. The Bertz CT molecular complexity index is 1200. The minimum Gasteiger partial charge on any atom is -0.490 e. The van der Waals surface area contributed by atoms with E-state index in [4.69, 9.17) is 21.1 Å². The summed E-state index contributed by atoms with van der Waals surface area (Å²) in [7, 11) is 0. The summed E-state index contributed by atoms with van der Waals surface area (Å²) in [6.07, 6.45) is 3.12. The van der Waals surface area contributed by atoms with Crippen molar-refractivity contribution in [3.05, 3.63) is 58.9 Å². The first-order valence-electron chi connectivity index (χ1n) is 11.2. The number of piperidine rings is 1. The lowest BCUT2D eigenvalue weighted by Gasteiger charge is -2.38. The second-order valence-electron chi connectivity index (χ2n) is 8.47. The van der Waals surface area contributed by atoms with E-state index in [9.17, 15) is 14.0 Å². The smallest absolute Gasteiger partial charge is 0.270 e. The molecule has 1 aromatic heterocycles. The average Bonchev–Trinajstić information content (AvgIpc) is 3.45. The molecule has 2 aliphatic rings. The molecule has 3 aromatic rings. The van der Waals surface area contributed by atoms with Gasteiger partial charge in [-0.1, -0.05) is 16.7 Å². The summed E-state index contributed by atoms with van der Waals surface area (Å²) < 4.78 is 25.0. The van der Waals surface area contributed by atoms with Crippen molar-refractivity contribution in [1.29, 1.82) is 0 Å². The molecule has 2 fully saturated rings. The molecule has 3 atom stereocenters. The zero-order chi connectivity index (χ0) is 24.4. The third-order valence-corrected chi connectivity index (χ3v) is 6.44. The van der Waals surface area contributed by atoms with Crippen molar-refractivity contribution in [3.63, 3.8) is 0 Å². The van der Waals surface area contributed by atoms with E-state index in [-0.39, 0.29) is 53.8 Å². The summed E-state index contributed by atoms with van der Waals surface area (Å²) >= 11 is 6.06. The Morgan fingerprint density at radius 2 is 1.89 bits per heavy atom. The molecule has 2 aliphatic heterocycles. The average molecular weight is 501 g/mol. The number of anilines is 1. The number of H-pyrrole nitrogens is 1. The maximum Gasteiger partial charge on any atom is 0.270 e. The molecule has 2 saturated heterocycles. The molecule has 2 N–H and O–H groups in total. The minimum absolute atomic E-state index is 0.000644. The fraction of sp³-hybridized carbons (Fsp3) is 0.348. The van der Waals surface area contributed by atoms with E-state index in [1.807, 2.05) is 4.90 Å². The number of nitrogens with zero attached hydrogens (tertiary/aromatic N) is 4. The van der Waals surface area contributed by atoms with Crippen molar-refractivity contribution >= 4 is 29.4 Å². The highest BCUT2D eigenvalue weighted by molar-refractivity contribution is 6.31. The summed E-state index contributed by atoms with van der Waals surface area (Å²) in [5, 5.41) is 15.8. The normalized spacial score (nSPS) is 21.0. The first-order chi connectivity index (χ1) is 17.0. The molecule has 0 spiro atoms. The molecule has 0 saturated carbocycles. The van der Waals surface area contributed by atoms with Gasteiger partial charge in [0.15, 0.2) is 6.61 Å². The van der Waals surface area contributed by atoms with Crippen molar-refractivity contribution in [3.8, 4) is 11.5 Å². The molecule has 0 aliphatic carbocycles. The van der Waals surface area contributed by atoms with Gasteiger partial charge in [-0.25, -0.2) is 4.39 Å². The van der Waals surface area contributed by atoms with Gasteiger partial charge in [0.1, 0.15) is 23.4 Å². The quantitative estimate of drug-likeness (QED) is 0.510. The second-order valence-corrected chi connectivity index (χ2v) is 8.91. The standard InChI is InChI=1S/C23H22ClFN6O4/c24-13-1-8-20(19(9-13)22(33)26-23-27-29-30-28-23)34-12-21(32)31-15-4-5-16(31)11-18(10-15)35-17-6-2-14(25)3-7-17/h1-3,6-9,15-16,18H,4-5,10-12H2,(H2,26,27,28,29,30,33)/t15-,16+,18?. The van der Waals surface area contributed by atoms with Crippen molar-refractivity contribution < 1.29 is 23.5 Å². The molecule has 182 valence electrons. The predicted molar refractivity (Wildman–Crippen MR) is 123 cm³/mol. The maximum atomic E-state index is 13.2. The summed E-state index contributed by atoms with van der Waals surface area (Å²) in [5.74, 6) is -0.181. The van der Waals surface area contributed by atoms with Gasteiger partial charge >= 0.3 is 0 Å². The van der Waals surface area contributed by atoms with Gasteiger partial charge in [-0.2, -0.15) is 5.21 Å². The van der Waals surface area contributed by atoms with Crippen LogP contribution < -0.4 is 14.8 Å². The third-order valence-electron chi connectivity index (χ3n) is 6.20. The lowest BCUT2D eigenvalue weighted by atomic mass is 9.99. The number of halogens is 2. The lowest BCUT2D eigenvalue weighted by molar-refractivity contribution is -0.139. The number of fused-ring (bicyclic) bond motifs is 2. The van der Waals surface area contributed by atoms with E-state index in [0.29, 0.717) is 23.6 Å². The zero-order valence-corrected chi connectivity index (χ0v) is 19.2. The number of ether oxygens (including phenoxy) is 2. The second kappa shape index (κ2) is 9.87. The van der Waals surface area contributed by atoms with Crippen molar-refractivity contribution in [2.45, 2.75) is 43.9 Å². The highest BCUT2D eigenvalue weighted by Gasteiger charge is 2.44. The number of nitrogens with one attached hydrogen (secondary N) is 2. The van der Waals surface area contributed by atoms with Gasteiger partial charge in [0, 0.05) is 29.9 Å². The summed E-state index contributed by atoms with van der Waals surface area (Å²) in [6.45, 7) is -0.222. The Morgan fingerprint density at radius 3 is 2.57 bits per heavy atom. The highest BCUT2D eigenvalue weighted by atomic mass is 35.5. The Balaban J connectivity index is 1.21. The Kier molecular flexibility index (Phi) is 6.49. The van der Waals surface area contributed by atoms with Gasteiger partial charge < -0.3 is 14.4 Å². The summed E-state index contributed by atoms with van der Waals surface area (Å²) in [4.78, 5) is 27.6. The van der Waals surface area contributed by atoms with Gasteiger partial charge in [0.2, 0.25) is 0 Å². The number of aromatic nitrogens is 4. The van der Waals surface area contributed by atoms with Gasteiger partial charge in [-0.05, 0) is 60.5 Å².